The average molecular weight is 213 g/mol. The van der Waals surface area contributed by atoms with Gasteiger partial charge in [-0.15, -0.1) is 0 Å². The van der Waals surface area contributed by atoms with Crippen LogP contribution in [-0.4, -0.2) is 23.3 Å². The SMILES string of the molecule is CC(=O)SCCNC(=O)c1ccoc1. The molecule has 0 bridgehead atoms. The molecule has 0 saturated heterocycles. The van der Waals surface area contributed by atoms with Crippen LogP contribution in [0, 0.1) is 0 Å². The zero-order chi connectivity index (χ0) is 10.4. The molecule has 5 heteroatoms. The summed E-state index contributed by atoms with van der Waals surface area (Å²) < 4.78 is 4.76. The van der Waals surface area contributed by atoms with Gasteiger partial charge in [0.1, 0.15) is 6.26 Å². The number of furan rings is 1. The standard InChI is InChI=1S/C9H11NO3S/c1-7(11)14-5-3-10-9(12)8-2-4-13-6-8/h2,4,6H,3,5H2,1H3,(H,10,12). The van der Waals surface area contributed by atoms with E-state index in [2.05, 4.69) is 5.32 Å². The van der Waals surface area contributed by atoms with E-state index in [9.17, 15) is 9.59 Å². The van der Waals surface area contributed by atoms with Gasteiger partial charge in [0.15, 0.2) is 5.12 Å². The van der Waals surface area contributed by atoms with Gasteiger partial charge in [0, 0.05) is 19.2 Å². The molecule has 76 valence electrons. The zero-order valence-electron chi connectivity index (χ0n) is 7.78. The maximum absolute atomic E-state index is 11.3. The van der Waals surface area contributed by atoms with E-state index >= 15 is 0 Å². The molecule has 0 radical (unpaired) electrons. The summed E-state index contributed by atoms with van der Waals surface area (Å²) in [5.41, 5.74) is 0.498. The quantitative estimate of drug-likeness (QED) is 0.766. The predicted octanol–water partition coefficient (Wildman–Crippen LogP) is 1.29. The molecule has 0 unspecified atom stereocenters. The van der Waals surface area contributed by atoms with Gasteiger partial charge in [0.25, 0.3) is 5.91 Å². The van der Waals surface area contributed by atoms with Crippen LogP contribution < -0.4 is 5.32 Å². The molecular weight excluding hydrogens is 202 g/mol. The first-order chi connectivity index (χ1) is 6.70. The molecule has 14 heavy (non-hydrogen) atoms. The Balaban J connectivity index is 2.19. The number of rotatable bonds is 4. The van der Waals surface area contributed by atoms with E-state index < -0.39 is 0 Å². The summed E-state index contributed by atoms with van der Waals surface area (Å²) in [6.45, 7) is 1.98. The third-order valence-electron chi connectivity index (χ3n) is 1.48. The van der Waals surface area contributed by atoms with Crippen LogP contribution in [0.4, 0.5) is 0 Å². The Bertz CT molecular complexity index is 308. The lowest BCUT2D eigenvalue weighted by atomic mass is 10.3. The van der Waals surface area contributed by atoms with E-state index in [-0.39, 0.29) is 11.0 Å². The summed E-state index contributed by atoms with van der Waals surface area (Å²) in [4.78, 5) is 21.8. The Kier molecular flexibility index (Phi) is 4.25. The van der Waals surface area contributed by atoms with Crippen molar-refractivity contribution in [2.75, 3.05) is 12.3 Å². The van der Waals surface area contributed by atoms with Gasteiger partial charge in [-0.05, 0) is 6.07 Å². The van der Waals surface area contributed by atoms with Crippen molar-refractivity contribution in [3.63, 3.8) is 0 Å². The Hall–Kier alpha value is -1.23. The number of carbonyl (C=O) groups is 2. The Labute approximate surface area is 86.0 Å². The fourth-order valence-electron chi connectivity index (χ4n) is 0.855. The number of nitrogens with one attached hydrogen (secondary N) is 1. The van der Waals surface area contributed by atoms with Crippen molar-refractivity contribution in [2.45, 2.75) is 6.92 Å². The average Bonchev–Trinajstić information content (AvgIpc) is 2.64. The van der Waals surface area contributed by atoms with Gasteiger partial charge >= 0.3 is 0 Å². The fourth-order valence-corrected chi connectivity index (χ4v) is 1.35. The lowest BCUT2D eigenvalue weighted by Gasteiger charge is -2.00. The number of hydrogen-bond acceptors (Lipinski definition) is 4. The molecule has 0 saturated carbocycles. The molecular formula is C9H11NO3S. The highest BCUT2D eigenvalue weighted by Gasteiger charge is 2.05. The molecule has 4 nitrogen and oxygen atoms in total. The summed E-state index contributed by atoms with van der Waals surface area (Å²) in [5, 5.41) is 2.73. The third-order valence-corrected chi connectivity index (χ3v) is 2.29. The van der Waals surface area contributed by atoms with Crippen molar-refractivity contribution in [2.24, 2.45) is 0 Å². The predicted molar refractivity (Wildman–Crippen MR) is 54.2 cm³/mol. The zero-order valence-corrected chi connectivity index (χ0v) is 8.60. The first-order valence-electron chi connectivity index (χ1n) is 4.14. The molecule has 0 aromatic carbocycles. The van der Waals surface area contributed by atoms with Crippen LogP contribution in [0.3, 0.4) is 0 Å². The molecule has 1 N–H and O–H groups in total. The van der Waals surface area contributed by atoms with E-state index in [0.29, 0.717) is 17.9 Å². The summed E-state index contributed by atoms with van der Waals surface area (Å²) in [6.07, 6.45) is 2.83. The van der Waals surface area contributed by atoms with E-state index in [1.54, 1.807) is 6.07 Å². The van der Waals surface area contributed by atoms with Crippen molar-refractivity contribution in [3.05, 3.63) is 24.2 Å². The number of hydrogen-bond donors (Lipinski definition) is 1. The fraction of sp³-hybridized carbons (Fsp3) is 0.333. The van der Waals surface area contributed by atoms with Gasteiger partial charge < -0.3 is 9.73 Å². The summed E-state index contributed by atoms with van der Waals surface area (Å²) in [7, 11) is 0. The van der Waals surface area contributed by atoms with Gasteiger partial charge in [0.2, 0.25) is 0 Å². The molecule has 0 aliphatic carbocycles. The van der Waals surface area contributed by atoms with Gasteiger partial charge in [-0.1, -0.05) is 11.8 Å². The maximum Gasteiger partial charge on any atom is 0.254 e. The molecule has 0 spiro atoms. The first-order valence-corrected chi connectivity index (χ1v) is 5.12. The molecule has 0 aliphatic rings. The maximum atomic E-state index is 11.3. The van der Waals surface area contributed by atoms with Crippen LogP contribution in [0.1, 0.15) is 17.3 Å². The smallest absolute Gasteiger partial charge is 0.254 e. The van der Waals surface area contributed by atoms with E-state index in [1.165, 1.54) is 31.2 Å². The van der Waals surface area contributed by atoms with E-state index in [0.717, 1.165) is 0 Å². The van der Waals surface area contributed by atoms with E-state index in [1.807, 2.05) is 0 Å². The van der Waals surface area contributed by atoms with Crippen molar-refractivity contribution in [3.8, 4) is 0 Å². The van der Waals surface area contributed by atoms with Gasteiger partial charge in [-0.2, -0.15) is 0 Å². The Morgan fingerprint density at radius 3 is 2.93 bits per heavy atom. The van der Waals surface area contributed by atoms with Crippen molar-refractivity contribution < 1.29 is 14.0 Å². The highest BCUT2D eigenvalue weighted by molar-refractivity contribution is 8.13. The van der Waals surface area contributed by atoms with Crippen molar-refractivity contribution >= 4 is 22.8 Å². The molecule has 1 rings (SSSR count). The second-order valence-corrected chi connectivity index (χ2v) is 3.88. The van der Waals surface area contributed by atoms with E-state index in [4.69, 9.17) is 4.42 Å². The Morgan fingerprint density at radius 2 is 2.36 bits per heavy atom. The van der Waals surface area contributed by atoms with Crippen LogP contribution in [0.2, 0.25) is 0 Å². The van der Waals surface area contributed by atoms with Crippen LogP contribution in [-0.2, 0) is 4.79 Å². The van der Waals surface area contributed by atoms with Crippen LogP contribution >= 0.6 is 11.8 Å². The van der Waals surface area contributed by atoms with Crippen LogP contribution in [0.25, 0.3) is 0 Å². The Morgan fingerprint density at radius 1 is 1.57 bits per heavy atom. The second kappa shape index (κ2) is 5.49. The minimum Gasteiger partial charge on any atom is -0.472 e. The molecule has 0 atom stereocenters. The van der Waals surface area contributed by atoms with Gasteiger partial charge in [-0.3, -0.25) is 9.59 Å². The summed E-state index contributed by atoms with van der Waals surface area (Å²) in [5.74, 6) is 0.418. The molecule has 1 aromatic rings. The second-order valence-electron chi connectivity index (χ2n) is 2.61. The molecule has 0 fully saturated rings. The highest BCUT2D eigenvalue weighted by Crippen LogP contribution is 2.01. The highest BCUT2D eigenvalue weighted by atomic mass is 32.2. The molecule has 1 amide bonds. The lowest BCUT2D eigenvalue weighted by molar-refractivity contribution is -0.109. The molecule has 0 aliphatic heterocycles. The van der Waals surface area contributed by atoms with Crippen LogP contribution in [0.5, 0.6) is 0 Å². The normalized spacial score (nSPS) is 9.79. The van der Waals surface area contributed by atoms with Crippen molar-refractivity contribution in [1.82, 2.24) is 5.32 Å². The first kappa shape index (κ1) is 10.8. The number of thioether (sulfide) groups is 1. The monoisotopic (exact) mass is 213 g/mol. The van der Waals surface area contributed by atoms with Gasteiger partial charge in [-0.25, -0.2) is 0 Å². The minimum absolute atomic E-state index is 0.0579. The van der Waals surface area contributed by atoms with Crippen LogP contribution in [0.15, 0.2) is 23.0 Å². The van der Waals surface area contributed by atoms with Gasteiger partial charge in [0.05, 0.1) is 11.8 Å². The van der Waals surface area contributed by atoms with Crippen molar-refractivity contribution in [1.29, 1.82) is 0 Å². The summed E-state index contributed by atoms with van der Waals surface area (Å²) in [6, 6.07) is 1.59. The largest absolute Gasteiger partial charge is 0.472 e. The molecule has 1 heterocycles. The number of carbonyl (C=O) groups excluding carboxylic acids is 2. The molecule has 1 aromatic heterocycles. The third kappa shape index (κ3) is 3.66. The topological polar surface area (TPSA) is 59.3 Å². The minimum atomic E-state index is -0.178. The summed E-state index contributed by atoms with van der Waals surface area (Å²) >= 11 is 1.19. The lowest BCUT2D eigenvalue weighted by Crippen LogP contribution is -2.25. The number of amides is 1.